The number of likely N-dealkylation sites (tertiary alicyclic amines) is 1. The van der Waals surface area contributed by atoms with E-state index in [1.165, 1.54) is 0 Å². The summed E-state index contributed by atoms with van der Waals surface area (Å²) in [7, 11) is 0. The summed E-state index contributed by atoms with van der Waals surface area (Å²) in [5.41, 5.74) is 0. The van der Waals surface area contributed by atoms with Crippen molar-refractivity contribution in [2.45, 2.75) is 32.6 Å². The van der Waals surface area contributed by atoms with Crippen molar-refractivity contribution in [2.24, 2.45) is 0 Å². The highest BCUT2D eigenvalue weighted by molar-refractivity contribution is 5.93. The molecule has 0 aromatic carbocycles. The highest BCUT2D eigenvalue weighted by atomic mass is 16.2. The van der Waals surface area contributed by atoms with Gasteiger partial charge in [-0.05, 0) is 19.8 Å². The molecule has 1 fully saturated rings. The zero-order valence-electron chi connectivity index (χ0n) is 10.4. The average Bonchev–Trinajstić information content (AvgIpc) is 2.61. The number of anilines is 1. The summed E-state index contributed by atoms with van der Waals surface area (Å²) in [6.45, 7) is 2.48. The van der Waals surface area contributed by atoms with Gasteiger partial charge in [-0.25, -0.2) is 0 Å². The third kappa shape index (κ3) is 3.28. The van der Waals surface area contributed by atoms with Crippen LogP contribution in [0.4, 0.5) is 5.95 Å². The van der Waals surface area contributed by atoms with Gasteiger partial charge in [-0.3, -0.25) is 20.0 Å². The quantitative estimate of drug-likeness (QED) is 0.816. The van der Waals surface area contributed by atoms with E-state index in [0.717, 1.165) is 19.3 Å². The Labute approximate surface area is 105 Å². The van der Waals surface area contributed by atoms with Crippen molar-refractivity contribution in [3.63, 3.8) is 0 Å². The van der Waals surface area contributed by atoms with Crippen molar-refractivity contribution in [3.05, 3.63) is 5.82 Å². The van der Waals surface area contributed by atoms with Gasteiger partial charge in [0, 0.05) is 13.0 Å². The first-order valence-electron chi connectivity index (χ1n) is 6.12. The van der Waals surface area contributed by atoms with Crippen molar-refractivity contribution < 1.29 is 9.59 Å². The first-order chi connectivity index (χ1) is 8.65. The van der Waals surface area contributed by atoms with Crippen LogP contribution in [0, 0.1) is 6.92 Å². The number of nitrogens with zero attached hydrogens (tertiary/aromatic N) is 3. The summed E-state index contributed by atoms with van der Waals surface area (Å²) in [4.78, 5) is 29.0. The molecule has 0 unspecified atom stereocenters. The Kier molecular flexibility index (Phi) is 3.91. The van der Waals surface area contributed by atoms with Crippen LogP contribution in [-0.2, 0) is 9.59 Å². The van der Waals surface area contributed by atoms with Crippen LogP contribution in [0.1, 0.15) is 31.5 Å². The lowest BCUT2D eigenvalue weighted by molar-refractivity contribution is -0.134. The molecular formula is C11H17N5O2. The van der Waals surface area contributed by atoms with E-state index in [1.54, 1.807) is 11.8 Å². The molecule has 1 aromatic rings. The van der Waals surface area contributed by atoms with Crippen LogP contribution >= 0.6 is 0 Å². The monoisotopic (exact) mass is 251 g/mol. The van der Waals surface area contributed by atoms with Crippen LogP contribution in [0.25, 0.3) is 0 Å². The minimum Gasteiger partial charge on any atom is -0.333 e. The van der Waals surface area contributed by atoms with Gasteiger partial charge >= 0.3 is 0 Å². The van der Waals surface area contributed by atoms with Crippen LogP contribution < -0.4 is 5.32 Å². The molecule has 7 nitrogen and oxygen atoms in total. The van der Waals surface area contributed by atoms with Crippen molar-refractivity contribution in [1.82, 2.24) is 20.1 Å². The Hall–Kier alpha value is -1.92. The van der Waals surface area contributed by atoms with Gasteiger partial charge in [-0.2, -0.15) is 4.98 Å². The van der Waals surface area contributed by atoms with Crippen LogP contribution in [0.3, 0.4) is 0 Å². The summed E-state index contributed by atoms with van der Waals surface area (Å²) in [5, 5.41) is 9.02. The molecule has 2 amide bonds. The highest BCUT2D eigenvalue weighted by Gasteiger charge is 2.19. The van der Waals surface area contributed by atoms with Crippen molar-refractivity contribution in [1.29, 1.82) is 0 Å². The van der Waals surface area contributed by atoms with E-state index in [0.29, 0.717) is 18.8 Å². The number of aryl methyl sites for hydroxylation is 1. The number of carbonyl (C=O) groups excluding carboxylic acids is 2. The molecular weight excluding hydrogens is 234 g/mol. The van der Waals surface area contributed by atoms with Gasteiger partial charge in [0.15, 0.2) is 0 Å². The van der Waals surface area contributed by atoms with E-state index in [1.807, 2.05) is 0 Å². The molecule has 18 heavy (non-hydrogen) atoms. The minimum absolute atomic E-state index is 0.0498. The molecule has 2 heterocycles. The Balaban J connectivity index is 1.88. The number of amides is 2. The molecule has 1 saturated heterocycles. The maximum absolute atomic E-state index is 11.7. The Bertz CT molecular complexity index is 442. The van der Waals surface area contributed by atoms with E-state index in [9.17, 15) is 9.59 Å². The van der Waals surface area contributed by atoms with E-state index in [4.69, 9.17) is 0 Å². The molecule has 1 aliphatic heterocycles. The fourth-order valence-electron chi connectivity index (χ4n) is 1.94. The molecule has 2 N–H and O–H groups in total. The summed E-state index contributed by atoms with van der Waals surface area (Å²) >= 11 is 0. The van der Waals surface area contributed by atoms with Gasteiger partial charge < -0.3 is 4.90 Å². The average molecular weight is 251 g/mol. The third-order valence-electron chi connectivity index (χ3n) is 2.85. The number of aromatic nitrogens is 3. The first kappa shape index (κ1) is 12.5. The zero-order valence-corrected chi connectivity index (χ0v) is 10.4. The van der Waals surface area contributed by atoms with E-state index in [-0.39, 0.29) is 24.3 Å². The lowest BCUT2D eigenvalue weighted by Gasteiger charge is -2.19. The number of hydrogen-bond donors (Lipinski definition) is 2. The maximum atomic E-state index is 11.7. The molecule has 0 spiro atoms. The largest absolute Gasteiger partial charge is 0.333 e. The van der Waals surface area contributed by atoms with Crippen molar-refractivity contribution in [3.8, 4) is 0 Å². The van der Waals surface area contributed by atoms with Gasteiger partial charge in [-0.1, -0.05) is 6.42 Å². The molecule has 1 aliphatic rings. The number of H-pyrrole nitrogens is 1. The maximum Gasteiger partial charge on any atom is 0.248 e. The van der Waals surface area contributed by atoms with Gasteiger partial charge in [0.25, 0.3) is 0 Å². The first-order valence-corrected chi connectivity index (χ1v) is 6.12. The Morgan fingerprint density at radius 2 is 2.28 bits per heavy atom. The number of carbonyl (C=O) groups is 2. The van der Waals surface area contributed by atoms with E-state index in [2.05, 4.69) is 20.5 Å². The number of hydrogen-bond acceptors (Lipinski definition) is 4. The second-order valence-electron chi connectivity index (χ2n) is 4.42. The predicted molar refractivity (Wildman–Crippen MR) is 64.8 cm³/mol. The number of aromatic amines is 1. The van der Waals surface area contributed by atoms with Gasteiger partial charge in [0.1, 0.15) is 5.82 Å². The lowest BCUT2D eigenvalue weighted by atomic mass is 10.2. The minimum atomic E-state index is -0.260. The fourth-order valence-corrected chi connectivity index (χ4v) is 1.94. The topological polar surface area (TPSA) is 91.0 Å². The molecule has 98 valence electrons. The summed E-state index contributed by atoms with van der Waals surface area (Å²) in [6, 6.07) is 0. The second kappa shape index (κ2) is 5.61. The van der Waals surface area contributed by atoms with Crippen LogP contribution in [0.15, 0.2) is 0 Å². The smallest absolute Gasteiger partial charge is 0.248 e. The Morgan fingerprint density at radius 3 is 3.00 bits per heavy atom. The standard InChI is InChI=1S/C11H17N5O2/c1-8-12-11(15-14-8)13-9(17)7-16-6-4-2-3-5-10(16)18/h2-7H2,1H3,(H2,12,13,14,15,17). The molecule has 0 aliphatic carbocycles. The van der Waals surface area contributed by atoms with Crippen LogP contribution in [0.5, 0.6) is 0 Å². The molecule has 0 bridgehead atoms. The fraction of sp³-hybridized carbons (Fsp3) is 0.636. The second-order valence-corrected chi connectivity index (χ2v) is 4.42. The van der Waals surface area contributed by atoms with Crippen LogP contribution in [-0.4, -0.2) is 45.0 Å². The summed E-state index contributed by atoms with van der Waals surface area (Å²) in [5.74, 6) is 0.675. The summed E-state index contributed by atoms with van der Waals surface area (Å²) in [6.07, 6.45) is 3.45. The molecule has 7 heteroatoms. The van der Waals surface area contributed by atoms with Crippen molar-refractivity contribution >= 4 is 17.8 Å². The molecule has 1 aromatic heterocycles. The highest BCUT2D eigenvalue weighted by Crippen LogP contribution is 2.10. The SMILES string of the molecule is Cc1nc(NC(=O)CN2CCCCCC2=O)n[nH]1. The predicted octanol–water partition coefficient (Wildman–Crippen LogP) is 0.454. The van der Waals surface area contributed by atoms with Crippen molar-refractivity contribution in [2.75, 3.05) is 18.4 Å². The van der Waals surface area contributed by atoms with E-state index >= 15 is 0 Å². The molecule has 0 radical (unpaired) electrons. The van der Waals surface area contributed by atoms with Gasteiger partial charge in [-0.15, -0.1) is 5.10 Å². The lowest BCUT2D eigenvalue weighted by Crippen LogP contribution is -2.37. The van der Waals surface area contributed by atoms with Gasteiger partial charge in [0.2, 0.25) is 17.8 Å². The molecule has 0 saturated carbocycles. The van der Waals surface area contributed by atoms with E-state index < -0.39 is 0 Å². The van der Waals surface area contributed by atoms with Gasteiger partial charge in [0.05, 0.1) is 6.54 Å². The zero-order chi connectivity index (χ0) is 13.0. The normalized spacial score (nSPS) is 16.5. The third-order valence-corrected chi connectivity index (χ3v) is 2.85. The molecule has 0 atom stereocenters. The molecule has 2 rings (SSSR count). The summed E-state index contributed by atoms with van der Waals surface area (Å²) < 4.78 is 0. The van der Waals surface area contributed by atoms with Crippen LogP contribution in [0.2, 0.25) is 0 Å². The Morgan fingerprint density at radius 1 is 1.44 bits per heavy atom. The number of nitrogens with one attached hydrogen (secondary N) is 2. The number of rotatable bonds is 3.